The molecule has 1 aromatic heterocycles. The lowest BCUT2D eigenvalue weighted by Gasteiger charge is -2.22. The lowest BCUT2D eigenvalue weighted by atomic mass is 9.98. The summed E-state index contributed by atoms with van der Waals surface area (Å²) in [5, 5.41) is 3.46. The third kappa shape index (κ3) is 3.14. The molecule has 2 rings (SSSR count). The van der Waals surface area contributed by atoms with Crippen LogP contribution in [0.15, 0.2) is 24.5 Å². The van der Waals surface area contributed by atoms with Crippen LogP contribution >= 0.6 is 0 Å². The highest BCUT2D eigenvalue weighted by molar-refractivity contribution is 5.95. The van der Waals surface area contributed by atoms with Gasteiger partial charge in [-0.25, -0.2) is 0 Å². The Hall–Kier alpha value is -1.22. The summed E-state index contributed by atoms with van der Waals surface area (Å²) in [5.74, 6) is 0.209. The summed E-state index contributed by atoms with van der Waals surface area (Å²) in [4.78, 5) is 15.8. The average molecular weight is 218 g/mol. The molecular weight excluding hydrogens is 200 g/mol. The topological polar surface area (TPSA) is 42.0 Å². The minimum atomic E-state index is 0.209. The fraction of sp³-hybridized carbons (Fsp3) is 0.538. The summed E-state index contributed by atoms with van der Waals surface area (Å²) < 4.78 is 0. The first-order valence-electron chi connectivity index (χ1n) is 6.03. The molecule has 1 aromatic rings. The Balaban J connectivity index is 1.79. The number of carbonyl (C=O) groups is 1. The van der Waals surface area contributed by atoms with Crippen molar-refractivity contribution in [3.05, 3.63) is 30.1 Å². The Labute approximate surface area is 96.3 Å². The van der Waals surface area contributed by atoms with Gasteiger partial charge in [0.25, 0.3) is 0 Å². The van der Waals surface area contributed by atoms with Gasteiger partial charge in [-0.2, -0.15) is 0 Å². The predicted molar refractivity (Wildman–Crippen MR) is 63.4 cm³/mol. The number of rotatable bonds is 4. The first-order chi connectivity index (χ1) is 7.86. The molecule has 1 atom stereocenters. The molecule has 1 aliphatic heterocycles. The molecule has 0 bridgehead atoms. The summed E-state index contributed by atoms with van der Waals surface area (Å²) in [6.07, 6.45) is 8.69. The number of piperidine rings is 1. The van der Waals surface area contributed by atoms with Gasteiger partial charge in [0.2, 0.25) is 0 Å². The van der Waals surface area contributed by atoms with Crippen molar-refractivity contribution < 1.29 is 4.79 Å². The highest BCUT2D eigenvalue weighted by atomic mass is 16.1. The number of hydrogen-bond acceptors (Lipinski definition) is 3. The first-order valence-corrected chi connectivity index (χ1v) is 6.03. The molecule has 1 fully saturated rings. The molecule has 1 aliphatic rings. The number of nitrogens with one attached hydrogen (secondary N) is 1. The minimum Gasteiger partial charge on any atom is -0.314 e. The number of Topliss-reactive ketones (excluding diaryl/α,β-unsaturated/α-hetero) is 1. The van der Waals surface area contributed by atoms with Gasteiger partial charge in [-0.1, -0.05) is 6.42 Å². The molecule has 2 heterocycles. The first kappa shape index (κ1) is 11.3. The third-order valence-electron chi connectivity index (χ3n) is 3.12. The largest absolute Gasteiger partial charge is 0.314 e. The van der Waals surface area contributed by atoms with Gasteiger partial charge < -0.3 is 5.32 Å². The molecule has 3 nitrogen and oxygen atoms in total. The van der Waals surface area contributed by atoms with Crippen LogP contribution in [0.2, 0.25) is 0 Å². The molecule has 0 radical (unpaired) electrons. The van der Waals surface area contributed by atoms with Crippen LogP contribution in [0.5, 0.6) is 0 Å². The third-order valence-corrected chi connectivity index (χ3v) is 3.12. The quantitative estimate of drug-likeness (QED) is 0.788. The number of pyridine rings is 1. The number of aromatic nitrogens is 1. The zero-order valence-electron chi connectivity index (χ0n) is 9.48. The Morgan fingerprint density at radius 2 is 2.44 bits per heavy atom. The molecule has 0 aromatic carbocycles. The molecule has 0 spiro atoms. The van der Waals surface area contributed by atoms with Gasteiger partial charge in [-0.15, -0.1) is 0 Å². The van der Waals surface area contributed by atoms with E-state index >= 15 is 0 Å². The molecule has 0 amide bonds. The maximum absolute atomic E-state index is 11.8. The van der Waals surface area contributed by atoms with Crippen LogP contribution in [0, 0.1) is 0 Å². The number of carbonyl (C=O) groups excluding carboxylic acids is 1. The second-order valence-corrected chi connectivity index (χ2v) is 4.35. The van der Waals surface area contributed by atoms with Crippen LogP contribution in [-0.2, 0) is 0 Å². The Morgan fingerprint density at radius 1 is 1.50 bits per heavy atom. The Kier molecular flexibility index (Phi) is 4.05. The summed E-state index contributed by atoms with van der Waals surface area (Å²) in [5.41, 5.74) is 0.735. The second kappa shape index (κ2) is 5.75. The summed E-state index contributed by atoms with van der Waals surface area (Å²) in [7, 11) is 0. The van der Waals surface area contributed by atoms with Crippen LogP contribution < -0.4 is 5.32 Å². The Morgan fingerprint density at radius 3 is 3.12 bits per heavy atom. The smallest absolute Gasteiger partial charge is 0.164 e. The fourth-order valence-corrected chi connectivity index (χ4v) is 2.15. The van der Waals surface area contributed by atoms with E-state index in [0.29, 0.717) is 12.5 Å². The summed E-state index contributed by atoms with van der Waals surface area (Å²) >= 11 is 0. The standard InChI is InChI=1S/C13H18N2O/c16-13(11-4-3-8-14-10-11)7-6-12-5-1-2-9-15-12/h3-4,8,10,12,15H,1-2,5-7,9H2. The van der Waals surface area contributed by atoms with Gasteiger partial charge in [0, 0.05) is 30.4 Å². The molecule has 1 unspecified atom stereocenters. The van der Waals surface area contributed by atoms with E-state index in [1.165, 1.54) is 19.3 Å². The SMILES string of the molecule is O=C(CCC1CCCCN1)c1cccnc1. The highest BCUT2D eigenvalue weighted by Gasteiger charge is 2.14. The van der Waals surface area contributed by atoms with E-state index < -0.39 is 0 Å². The van der Waals surface area contributed by atoms with E-state index in [1.807, 2.05) is 12.1 Å². The normalized spacial score (nSPS) is 20.6. The molecule has 3 heteroatoms. The zero-order valence-corrected chi connectivity index (χ0v) is 9.48. The van der Waals surface area contributed by atoms with Crippen molar-refractivity contribution in [3.8, 4) is 0 Å². The zero-order chi connectivity index (χ0) is 11.2. The molecule has 16 heavy (non-hydrogen) atoms. The minimum absolute atomic E-state index is 0.209. The number of nitrogens with zero attached hydrogens (tertiary/aromatic N) is 1. The van der Waals surface area contributed by atoms with Crippen molar-refractivity contribution in [1.82, 2.24) is 10.3 Å². The van der Waals surface area contributed by atoms with E-state index in [1.54, 1.807) is 12.4 Å². The van der Waals surface area contributed by atoms with Crippen LogP contribution in [0.3, 0.4) is 0 Å². The van der Waals surface area contributed by atoms with Gasteiger partial charge in [0.1, 0.15) is 0 Å². The van der Waals surface area contributed by atoms with Crippen molar-refractivity contribution in [3.63, 3.8) is 0 Å². The summed E-state index contributed by atoms with van der Waals surface area (Å²) in [6.45, 7) is 1.10. The number of hydrogen-bond donors (Lipinski definition) is 1. The molecule has 1 saturated heterocycles. The van der Waals surface area contributed by atoms with E-state index in [9.17, 15) is 4.79 Å². The van der Waals surface area contributed by atoms with E-state index in [0.717, 1.165) is 18.5 Å². The molecule has 0 saturated carbocycles. The van der Waals surface area contributed by atoms with Crippen molar-refractivity contribution in [2.75, 3.05) is 6.54 Å². The second-order valence-electron chi connectivity index (χ2n) is 4.35. The van der Waals surface area contributed by atoms with Gasteiger partial charge >= 0.3 is 0 Å². The van der Waals surface area contributed by atoms with Crippen LogP contribution in [0.25, 0.3) is 0 Å². The van der Waals surface area contributed by atoms with E-state index in [-0.39, 0.29) is 5.78 Å². The maximum atomic E-state index is 11.8. The van der Waals surface area contributed by atoms with Crippen LogP contribution in [-0.4, -0.2) is 23.4 Å². The lowest BCUT2D eigenvalue weighted by Crippen LogP contribution is -2.34. The fourth-order valence-electron chi connectivity index (χ4n) is 2.15. The lowest BCUT2D eigenvalue weighted by molar-refractivity contribution is 0.0974. The van der Waals surface area contributed by atoms with Gasteiger partial charge in [-0.05, 0) is 37.9 Å². The van der Waals surface area contributed by atoms with Gasteiger partial charge in [-0.3, -0.25) is 9.78 Å². The maximum Gasteiger partial charge on any atom is 0.164 e. The monoisotopic (exact) mass is 218 g/mol. The van der Waals surface area contributed by atoms with Crippen LogP contribution in [0.1, 0.15) is 42.5 Å². The van der Waals surface area contributed by atoms with Crippen molar-refractivity contribution in [1.29, 1.82) is 0 Å². The summed E-state index contributed by atoms with van der Waals surface area (Å²) in [6, 6.07) is 4.18. The van der Waals surface area contributed by atoms with Crippen LogP contribution in [0.4, 0.5) is 0 Å². The number of ketones is 1. The van der Waals surface area contributed by atoms with Crippen molar-refractivity contribution in [2.45, 2.75) is 38.1 Å². The van der Waals surface area contributed by atoms with Crippen molar-refractivity contribution in [2.24, 2.45) is 0 Å². The molecule has 1 N–H and O–H groups in total. The van der Waals surface area contributed by atoms with Gasteiger partial charge in [0.15, 0.2) is 5.78 Å². The molecular formula is C13H18N2O. The molecule has 86 valence electrons. The van der Waals surface area contributed by atoms with E-state index in [4.69, 9.17) is 0 Å². The van der Waals surface area contributed by atoms with E-state index in [2.05, 4.69) is 10.3 Å². The highest BCUT2D eigenvalue weighted by Crippen LogP contribution is 2.13. The van der Waals surface area contributed by atoms with Crippen molar-refractivity contribution >= 4 is 5.78 Å². The Bertz CT molecular complexity index is 331. The predicted octanol–water partition coefficient (Wildman–Crippen LogP) is 2.19. The molecule has 0 aliphatic carbocycles. The van der Waals surface area contributed by atoms with Gasteiger partial charge in [0.05, 0.1) is 0 Å². The average Bonchev–Trinajstić information content (AvgIpc) is 2.38.